The van der Waals surface area contributed by atoms with Gasteiger partial charge in [0.15, 0.2) is 0 Å². The molecule has 0 aliphatic carbocycles. The molecular weight excluding hydrogens is 176 g/mol. The number of piperidine rings is 1. The summed E-state index contributed by atoms with van der Waals surface area (Å²) in [7, 11) is 0. The Morgan fingerprint density at radius 1 is 1.29 bits per heavy atom. The first-order chi connectivity index (χ1) is 6.86. The third kappa shape index (κ3) is 2.69. The Hall–Kier alpha value is -0.120. The van der Waals surface area contributed by atoms with Crippen molar-refractivity contribution in [1.82, 2.24) is 10.2 Å². The van der Waals surface area contributed by atoms with E-state index in [1.807, 2.05) is 0 Å². The molecule has 2 aliphatic rings. The molecule has 0 aromatic carbocycles. The van der Waals surface area contributed by atoms with Crippen LogP contribution in [0.2, 0.25) is 0 Å². The highest BCUT2D eigenvalue weighted by Crippen LogP contribution is 2.16. The van der Waals surface area contributed by atoms with Crippen molar-refractivity contribution in [3.63, 3.8) is 0 Å². The fourth-order valence-electron chi connectivity index (χ4n) is 2.56. The first-order valence-electron chi connectivity index (χ1n) is 5.97. The largest absolute Gasteiger partial charge is 0.391 e. The minimum atomic E-state index is -0.108. The predicted octanol–water partition coefficient (Wildman–Crippen LogP) is 0.443. The second kappa shape index (κ2) is 5.10. The van der Waals surface area contributed by atoms with Gasteiger partial charge in [-0.25, -0.2) is 0 Å². The van der Waals surface area contributed by atoms with Crippen LogP contribution in [0, 0.1) is 5.92 Å². The maximum atomic E-state index is 10.0. The van der Waals surface area contributed by atoms with E-state index >= 15 is 0 Å². The Balaban J connectivity index is 1.72. The molecule has 3 nitrogen and oxygen atoms in total. The van der Waals surface area contributed by atoms with Gasteiger partial charge in [0.1, 0.15) is 0 Å². The molecule has 2 aliphatic heterocycles. The van der Waals surface area contributed by atoms with E-state index in [9.17, 15) is 5.11 Å². The van der Waals surface area contributed by atoms with E-state index in [4.69, 9.17) is 0 Å². The van der Waals surface area contributed by atoms with Gasteiger partial charge in [0.2, 0.25) is 0 Å². The maximum absolute atomic E-state index is 10.0. The van der Waals surface area contributed by atoms with Crippen LogP contribution >= 0.6 is 0 Å². The van der Waals surface area contributed by atoms with Crippen molar-refractivity contribution in [2.45, 2.75) is 31.8 Å². The summed E-state index contributed by atoms with van der Waals surface area (Å²) >= 11 is 0. The highest BCUT2D eigenvalue weighted by molar-refractivity contribution is 4.80. The van der Waals surface area contributed by atoms with Crippen LogP contribution in [0.15, 0.2) is 0 Å². The second-order valence-corrected chi connectivity index (χ2v) is 4.68. The smallest absolute Gasteiger partial charge is 0.0707 e. The van der Waals surface area contributed by atoms with Crippen LogP contribution in [0.25, 0.3) is 0 Å². The van der Waals surface area contributed by atoms with Gasteiger partial charge >= 0.3 is 0 Å². The minimum absolute atomic E-state index is 0.108. The van der Waals surface area contributed by atoms with Crippen LogP contribution in [-0.4, -0.2) is 48.8 Å². The number of nitrogens with one attached hydrogen (secondary N) is 1. The molecule has 0 saturated carbocycles. The van der Waals surface area contributed by atoms with Crippen molar-refractivity contribution in [2.75, 3.05) is 32.7 Å². The summed E-state index contributed by atoms with van der Waals surface area (Å²) in [6, 6.07) is 0. The maximum Gasteiger partial charge on any atom is 0.0707 e. The quantitative estimate of drug-likeness (QED) is 0.691. The van der Waals surface area contributed by atoms with Crippen LogP contribution in [-0.2, 0) is 0 Å². The summed E-state index contributed by atoms with van der Waals surface area (Å²) in [5.74, 6) is 0.497. The molecule has 2 N–H and O–H groups in total. The summed E-state index contributed by atoms with van der Waals surface area (Å²) in [6.45, 7) is 5.37. The van der Waals surface area contributed by atoms with E-state index in [1.165, 1.54) is 32.4 Å². The molecule has 3 heteroatoms. The first-order valence-corrected chi connectivity index (χ1v) is 5.97. The molecule has 0 amide bonds. The fourth-order valence-corrected chi connectivity index (χ4v) is 2.56. The summed E-state index contributed by atoms with van der Waals surface area (Å²) < 4.78 is 0. The molecule has 0 aromatic heterocycles. The second-order valence-electron chi connectivity index (χ2n) is 4.68. The number of aliphatic hydroxyl groups excluding tert-OH is 1. The number of rotatable bonds is 3. The van der Waals surface area contributed by atoms with Crippen LogP contribution in [0.4, 0.5) is 0 Å². The third-order valence-corrected chi connectivity index (χ3v) is 3.54. The zero-order valence-corrected chi connectivity index (χ0v) is 8.91. The Bertz CT molecular complexity index is 163. The normalized spacial score (nSPS) is 31.9. The summed E-state index contributed by atoms with van der Waals surface area (Å²) in [5.41, 5.74) is 0. The zero-order chi connectivity index (χ0) is 9.80. The number of hydrogen-bond donors (Lipinski definition) is 2. The summed E-state index contributed by atoms with van der Waals surface area (Å²) in [5, 5.41) is 13.3. The lowest BCUT2D eigenvalue weighted by molar-refractivity contribution is 0.0629. The average molecular weight is 198 g/mol. The predicted molar refractivity (Wildman–Crippen MR) is 57.3 cm³/mol. The molecule has 2 heterocycles. The average Bonchev–Trinajstić information content (AvgIpc) is 2.72. The topological polar surface area (TPSA) is 35.5 Å². The summed E-state index contributed by atoms with van der Waals surface area (Å²) in [6.07, 6.45) is 5.04. The molecule has 14 heavy (non-hydrogen) atoms. The Labute approximate surface area is 86.5 Å². The highest BCUT2D eigenvalue weighted by Gasteiger charge is 2.25. The van der Waals surface area contributed by atoms with Gasteiger partial charge in [-0.3, -0.25) is 0 Å². The molecule has 2 fully saturated rings. The molecule has 82 valence electrons. The highest BCUT2D eigenvalue weighted by atomic mass is 16.3. The molecule has 2 saturated heterocycles. The van der Waals surface area contributed by atoms with Crippen molar-refractivity contribution in [2.24, 2.45) is 5.92 Å². The molecule has 2 atom stereocenters. The number of likely N-dealkylation sites (tertiary alicyclic amines) is 1. The van der Waals surface area contributed by atoms with Gasteiger partial charge in [0.25, 0.3) is 0 Å². The van der Waals surface area contributed by atoms with E-state index in [2.05, 4.69) is 10.2 Å². The van der Waals surface area contributed by atoms with Crippen molar-refractivity contribution in [3.05, 3.63) is 0 Å². The molecule has 0 aromatic rings. The number of aliphatic hydroxyl groups is 1. The van der Waals surface area contributed by atoms with Gasteiger partial charge in [-0.05, 0) is 44.8 Å². The number of nitrogens with zero attached hydrogens (tertiary/aromatic N) is 1. The van der Waals surface area contributed by atoms with Gasteiger partial charge < -0.3 is 15.3 Å². The SMILES string of the molecule is OC(CN1CCCCC1)C1CCNC1. The Kier molecular flexibility index (Phi) is 3.79. The van der Waals surface area contributed by atoms with Gasteiger partial charge in [-0.1, -0.05) is 6.42 Å². The minimum Gasteiger partial charge on any atom is -0.391 e. The number of hydrogen-bond acceptors (Lipinski definition) is 3. The number of β-amino-alcohol motifs (C(OH)–C–C–N with tert-alkyl or cyclic N) is 1. The van der Waals surface area contributed by atoms with Gasteiger partial charge in [-0.15, -0.1) is 0 Å². The van der Waals surface area contributed by atoms with Crippen molar-refractivity contribution >= 4 is 0 Å². The Morgan fingerprint density at radius 3 is 2.71 bits per heavy atom. The molecule has 2 rings (SSSR count). The zero-order valence-electron chi connectivity index (χ0n) is 8.91. The van der Waals surface area contributed by atoms with E-state index in [0.717, 1.165) is 26.1 Å². The summed E-state index contributed by atoms with van der Waals surface area (Å²) in [4.78, 5) is 2.42. The van der Waals surface area contributed by atoms with E-state index < -0.39 is 0 Å². The molecule has 0 radical (unpaired) electrons. The van der Waals surface area contributed by atoms with Crippen LogP contribution in [0.1, 0.15) is 25.7 Å². The Morgan fingerprint density at radius 2 is 2.07 bits per heavy atom. The van der Waals surface area contributed by atoms with Crippen molar-refractivity contribution < 1.29 is 5.11 Å². The van der Waals surface area contributed by atoms with Crippen LogP contribution in [0.5, 0.6) is 0 Å². The third-order valence-electron chi connectivity index (χ3n) is 3.54. The van der Waals surface area contributed by atoms with Crippen LogP contribution < -0.4 is 5.32 Å². The lowest BCUT2D eigenvalue weighted by atomic mass is 10.0. The van der Waals surface area contributed by atoms with E-state index in [1.54, 1.807) is 0 Å². The van der Waals surface area contributed by atoms with Gasteiger partial charge in [0.05, 0.1) is 6.10 Å². The van der Waals surface area contributed by atoms with Gasteiger partial charge in [0, 0.05) is 13.1 Å². The van der Waals surface area contributed by atoms with Gasteiger partial charge in [-0.2, -0.15) is 0 Å². The standard InChI is InChI=1S/C11H22N2O/c14-11(10-4-5-12-8-10)9-13-6-2-1-3-7-13/h10-12,14H,1-9H2. The van der Waals surface area contributed by atoms with Crippen LogP contribution in [0.3, 0.4) is 0 Å². The molecule has 0 spiro atoms. The lowest BCUT2D eigenvalue weighted by Crippen LogP contribution is -2.40. The van der Waals surface area contributed by atoms with Crippen molar-refractivity contribution in [1.29, 1.82) is 0 Å². The molecule has 0 bridgehead atoms. The van der Waals surface area contributed by atoms with E-state index in [0.29, 0.717) is 5.92 Å². The first kappa shape index (κ1) is 10.4. The fraction of sp³-hybridized carbons (Fsp3) is 1.00. The monoisotopic (exact) mass is 198 g/mol. The molecular formula is C11H22N2O. The lowest BCUT2D eigenvalue weighted by Gasteiger charge is -2.30. The van der Waals surface area contributed by atoms with E-state index in [-0.39, 0.29) is 6.10 Å². The van der Waals surface area contributed by atoms with Crippen molar-refractivity contribution in [3.8, 4) is 0 Å². The molecule has 2 unspecified atom stereocenters.